The van der Waals surface area contributed by atoms with Crippen LogP contribution < -0.4 is 10.6 Å². The average molecular weight is 480 g/mol. The number of carbonyl (C=O) groups excluding carboxylic acids is 1. The lowest BCUT2D eigenvalue weighted by Crippen LogP contribution is -2.53. The van der Waals surface area contributed by atoms with Crippen molar-refractivity contribution in [2.45, 2.75) is 38.0 Å². The standard InChI is InChI=1S/C24H22ClF4N3O/c1-15(2)31-22(33)32-23(13-16-6-4-3-5-7-16,21-9-8-19(25)14-30-21)17-10-18(24(27,28)29)12-20(26)11-17/h3-12,14-15H,13H2,1-2H3,(H2,31,32,33)/t23-/m1/s1. The monoisotopic (exact) mass is 479 g/mol. The number of pyridine rings is 1. The highest BCUT2D eigenvalue weighted by atomic mass is 35.5. The van der Waals surface area contributed by atoms with Gasteiger partial charge in [0.25, 0.3) is 0 Å². The summed E-state index contributed by atoms with van der Waals surface area (Å²) in [6.07, 6.45) is -3.46. The van der Waals surface area contributed by atoms with E-state index in [0.717, 1.165) is 12.1 Å². The molecule has 1 aromatic heterocycles. The van der Waals surface area contributed by atoms with Crippen LogP contribution in [0, 0.1) is 5.82 Å². The Morgan fingerprint density at radius 3 is 2.27 bits per heavy atom. The minimum atomic E-state index is -4.79. The summed E-state index contributed by atoms with van der Waals surface area (Å²) < 4.78 is 55.1. The summed E-state index contributed by atoms with van der Waals surface area (Å²) in [5, 5.41) is 5.75. The molecule has 0 saturated carbocycles. The molecule has 2 aromatic carbocycles. The zero-order chi connectivity index (χ0) is 24.2. The Labute approximate surface area is 194 Å². The Morgan fingerprint density at radius 1 is 1.03 bits per heavy atom. The van der Waals surface area contributed by atoms with Crippen molar-refractivity contribution < 1.29 is 22.4 Å². The maximum atomic E-state index is 14.5. The third-order valence-corrected chi connectivity index (χ3v) is 5.16. The van der Waals surface area contributed by atoms with Crippen molar-refractivity contribution in [1.29, 1.82) is 0 Å². The van der Waals surface area contributed by atoms with E-state index in [1.54, 1.807) is 44.2 Å². The first-order chi connectivity index (χ1) is 15.5. The molecular weight excluding hydrogens is 458 g/mol. The number of urea groups is 1. The van der Waals surface area contributed by atoms with Crippen molar-refractivity contribution in [2.24, 2.45) is 0 Å². The fraction of sp³-hybridized carbons (Fsp3) is 0.250. The third-order valence-electron chi connectivity index (χ3n) is 4.94. The largest absolute Gasteiger partial charge is 0.416 e. The molecular formula is C24H22ClF4N3O. The van der Waals surface area contributed by atoms with Gasteiger partial charge in [-0.25, -0.2) is 9.18 Å². The van der Waals surface area contributed by atoms with Crippen molar-refractivity contribution in [3.63, 3.8) is 0 Å². The van der Waals surface area contributed by atoms with Crippen LogP contribution in [0.5, 0.6) is 0 Å². The number of hydrogen-bond acceptors (Lipinski definition) is 2. The van der Waals surface area contributed by atoms with Gasteiger partial charge in [0.15, 0.2) is 0 Å². The lowest BCUT2D eigenvalue weighted by Gasteiger charge is -2.36. The lowest BCUT2D eigenvalue weighted by molar-refractivity contribution is -0.137. The molecule has 0 aliphatic heterocycles. The number of nitrogens with one attached hydrogen (secondary N) is 2. The normalized spacial score (nSPS) is 13.5. The van der Waals surface area contributed by atoms with Crippen molar-refractivity contribution >= 4 is 17.6 Å². The Kier molecular flexibility index (Phi) is 7.27. The number of alkyl halides is 3. The highest BCUT2D eigenvalue weighted by Gasteiger charge is 2.41. The van der Waals surface area contributed by atoms with Crippen LogP contribution in [0.3, 0.4) is 0 Å². The number of benzene rings is 2. The Bertz CT molecular complexity index is 1100. The molecule has 9 heteroatoms. The van der Waals surface area contributed by atoms with Crippen LogP contribution in [-0.4, -0.2) is 17.1 Å². The number of hydrogen-bond donors (Lipinski definition) is 2. The van der Waals surface area contributed by atoms with E-state index in [4.69, 9.17) is 11.6 Å². The Morgan fingerprint density at radius 2 is 1.70 bits per heavy atom. The van der Waals surface area contributed by atoms with E-state index in [2.05, 4.69) is 15.6 Å². The molecule has 0 unspecified atom stereocenters. The van der Waals surface area contributed by atoms with Crippen molar-refractivity contribution in [1.82, 2.24) is 15.6 Å². The maximum Gasteiger partial charge on any atom is 0.416 e. The molecule has 0 saturated heterocycles. The van der Waals surface area contributed by atoms with Crippen LogP contribution in [0.2, 0.25) is 5.02 Å². The van der Waals surface area contributed by atoms with Gasteiger partial charge in [-0.15, -0.1) is 0 Å². The van der Waals surface area contributed by atoms with Gasteiger partial charge in [-0.3, -0.25) is 4.98 Å². The van der Waals surface area contributed by atoms with Crippen molar-refractivity contribution in [2.75, 3.05) is 0 Å². The molecule has 0 aliphatic rings. The van der Waals surface area contributed by atoms with E-state index in [9.17, 15) is 22.4 Å². The van der Waals surface area contributed by atoms with Crippen LogP contribution in [-0.2, 0) is 18.1 Å². The smallest absolute Gasteiger partial charge is 0.336 e. The minimum absolute atomic E-state index is 0.00867. The molecule has 1 atom stereocenters. The number of halogens is 5. The number of nitrogens with zero attached hydrogens (tertiary/aromatic N) is 1. The summed E-state index contributed by atoms with van der Waals surface area (Å²) in [5.74, 6) is -1.09. The van der Waals surface area contributed by atoms with E-state index in [1.165, 1.54) is 18.3 Å². The van der Waals surface area contributed by atoms with Crippen LogP contribution in [0.15, 0.2) is 66.9 Å². The number of aromatic nitrogens is 1. The van der Waals surface area contributed by atoms with Gasteiger partial charge in [-0.2, -0.15) is 13.2 Å². The molecule has 1 heterocycles. The fourth-order valence-electron chi connectivity index (χ4n) is 3.54. The second-order valence-electron chi connectivity index (χ2n) is 7.91. The van der Waals surface area contributed by atoms with Crippen LogP contribution in [0.25, 0.3) is 0 Å². The molecule has 4 nitrogen and oxygen atoms in total. The molecule has 33 heavy (non-hydrogen) atoms. The minimum Gasteiger partial charge on any atom is -0.336 e. The van der Waals surface area contributed by atoms with Gasteiger partial charge in [0.05, 0.1) is 16.3 Å². The summed E-state index contributed by atoms with van der Waals surface area (Å²) >= 11 is 5.98. The molecule has 0 radical (unpaired) electrons. The van der Waals surface area contributed by atoms with E-state index in [-0.39, 0.29) is 23.7 Å². The van der Waals surface area contributed by atoms with Gasteiger partial charge in [-0.05, 0) is 55.3 Å². The molecule has 0 aliphatic carbocycles. The predicted molar refractivity (Wildman–Crippen MR) is 118 cm³/mol. The summed E-state index contributed by atoms with van der Waals surface area (Å²) in [5.41, 5.74) is -2.01. The predicted octanol–water partition coefficient (Wildman–Crippen LogP) is 6.09. The zero-order valence-electron chi connectivity index (χ0n) is 17.9. The molecule has 2 amide bonds. The molecule has 0 bridgehead atoms. The average Bonchev–Trinajstić information content (AvgIpc) is 2.73. The zero-order valence-corrected chi connectivity index (χ0v) is 18.6. The molecule has 0 spiro atoms. The van der Waals surface area contributed by atoms with E-state index < -0.39 is 29.1 Å². The quantitative estimate of drug-likeness (QED) is 0.420. The number of carbonyl (C=O) groups is 1. The third kappa shape index (κ3) is 6.01. The fourth-order valence-corrected chi connectivity index (χ4v) is 3.65. The summed E-state index contributed by atoms with van der Waals surface area (Å²) in [6.45, 7) is 3.48. The van der Waals surface area contributed by atoms with Crippen molar-refractivity contribution in [3.8, 4) is 0 Å². The highest BCUT2D eigenvalue weighted by Crippen LogP contribution is 2.37. The van der Waals surface area contributed by atoms with Gasteiger partial charge in [0.1, 0.15) is 11.4 Å². The number of amides is 2. The Balaban J connectivity index is 2.29. The van der Waals surface area contributed by atoms with Crippen LogP contribution in [0.4, 0.5) is 22.4 Å². The topological polar surface area (TPSA) is 54.0 Å². The molecule has 3 aromatic rings. The highest BCUT2D eigenvalue weighted by molar-refractivity contribution is 6.30. The Hall–Kier alpha value is -3.13. The van der Waals surface area contributed by atoms with Gasteiger partial charge >= 0.3 is 12.2 Å². The van der Waals surface area contributed by atoms with Gasteiger partial charge in [0, 0.05) is 18.7 Å². The van der Waals surface area contributed by atoms with Gasteiger partial charge < -0.3 is 10.6 Å². The molecule has 174 valence electrons. The van der Waals surface area contributed by atoms with E-state index >= 15 is 0 Å². The maximum absolute atomic E-state index is 14.5. The second-order valence-corrected chi connectivity index (χ2v) is 8.35. The second kappa shape index (κ2) is 9.79. The summed E-state index contributed by atoms with van der Waals surface area (Å²) in [4.78, 5) is 17.1. The SMILES string of the molecule is CC(C)NC(=O)N[C@](Cc1ccccc1)(c1cc(F)cc(C(F)(F)F)c1)c1ccc(Cl)cn1. The first kappa shape index (κ1) is 24.5. The first-order valence-electron chi connectivity index (χ1n) is 10.1. The van der Waals surface area contributed by atoms with Crippen LogP contribution in [0.1, 0.15) is 36.2 Å². The van der Waals surface area contributed by atoms with Crippen molar-refractivity contribution in [3.05, 3.63) is 100 Å². The number of rotatable bonds is 6. The van der Waals surface area contributed by atoms with Gasteiger partial charge in [0.2, 0.25) is 0 Å². The van der Waals surface area contributed by atoms with Gasteiger partial charge in [-0.1, -0.05) is 41.9 Å². The first-order valence-corrected chi connectivity index (χ1v) is 10.5. The molecule has 2 N–H and O–H groups in total. The summed E-state index contributed by atoms with van der Waals surface area (Å²) in [6, 6.07) is 13.2. The molecule has 0 fully saturated rings. The summed E-state index contributed by atoms with van der Waals surface area (Å²) in [7, 11) is 0. The lowest BCUT2D eigenvalue weighted by atomic mass is 9.79. The van der Waals surface area contributed by atoms with E-state index in [1.807, 2.05) is 0 Å². The van der Waals surface area contributed by atoms with Crippen LogP contribution >= 0.6 is 11.6 Å². The molecule has 3 rings (SSSR count). The van der Waals surface area contributed by atoms with E-state index in [0.29, 0.717) is 16.7 Å².